The van der Waals surface area contributed by atoms with Gasteiger partial charge in [0, 0.05) is 12.6 Å². The molecule has 0 saturated carbocycles. The Kier molecular flexibility index (Phi) is 4.57. The van der Waals surface area contributed by atoms with E-state index < -0.39 is 12.0 Å². The van der Waals surface area contributed by atoms with Gasteiger partial charge in [-0.3, -0.25) is 0 Å². The summed E-state index contributed by atoms with van der Waals surface area (Å²) in [7, 11) is 1.67. The lowest BCUT2D eigenvalue weighted by Gasteiger charge is -2.06. The number of aromatic hydroxyl groups is 2. The molecular weight excluding hydrogens is 366 g/mol. The van der Waals surface area contributed by atoms with Gasteiger partial charge in [0.1, 0.15) is 17.7 Å². The van der Waals surface area contributed by atoms with Crippen molar-refractivity contribution in [2.75, 3.05) is 12.5 Å². The Balaban J connectivity index is 2.06. The van der Waals surface area contributed by atoms with Gasteiger partial charge in [0.25, 0.3) is 5.95 Å². The standard InChI is InChI=1S/C15H13N11O2/c1-7-10(5-17)8(2)26(18-3)12(7)23-22-11-9(4-16)6-25(24-11)13-19-14(27)21-15(28)20-13/h6,18H,1-3H3,(H2,19,20,21,27,28)/b23-22+. The van der Waals surface area contributed by atoms with E-state index in [-0.39, 0.29) is 17.3 Å². The van der Waals surface area contributed by atoms with Crippen molar-refractivity contribution in [3.8, 4) is 30.1 Å². The first-order chi connectivity index (χ1) is 13.4. The number of nitrogens with zero attached hydrogens (tertiary/aromatic N) is 10. The average molecular weight is 379 g/mol. The van der Waals surface area contributed by atoms with Gasteiger partial charge in [0.2, 0.25) is 5.82 Å². The molecular formula is C15H13N11O2. The predicted octanol–water partition coefficient (Wildman–Crippen LogP) is 1.22. The molecule has 0 bridgehead atoms. The summed E-state index contributed by atoms with van der Waals surface area (Å²) in [6.07, 6.45) is 1.26. The molecule has 3 aromatic heterocycles. The second kappa shape index (κ2) is 7.00. The Labute approximate surface area is 157 Å². The molecule has 3 aromatic rings. The largest absolute Gasteiger partial charge is 0.479 e. The number of aromatic nitrogens is 6. The van der Waals surface area contributed by atoms with Crippen LogP contribution in [0.2, 0.25) is 0 Å². The molecule has 3 N–H and O–H groups in total. The van der Waals surface area contributed by atoms with Crippen LogP contribution < -0.4 is 5.43 Å². The number of hydrogen-bond donors (Lipinski definition) is 3. The van der Waals surface area contributed by atoms with E-state index in [4.69, 9.17) is 0 Å². The Hall–Kier alpha value is -4.52. The molecule has 0 fully saturated rings. The summed E-state index contributed by atoms with van der Waals surface area (Å²) < 4.78 is 2.63. The highest BCUT2D eigenvalue weighted by Crippen LogP contribution is 2.29. The van der Waals surface area contributed by atoms with Gasteiger partial charge in [0.05, 0.1) is 17.5 Å². The lowest BCUT2D eigenvalue weighted by Crippen LogP contribution is -2.09. The predicted molar refractivity (Wildman–Crippen MR) is 93.1 cm³/mol. The quantitative estimate of drug-likeness (QED) is 0.560. The first kappa shape index (κ1) is 18.3. The molecule has 3 heterocycles. The molecule has 0 spiro atoms. The first-order valence-electron chi connectivity index (χ1n) is 7.75. The van der Waals surface area contributed by atoms with Gasteiger partial charge in [-0.2, -0.15) is 20.5 Å². The summed E-state index contributed by atoms with van der Waals surface area (Å²) in [6.45, 7) is 3.49. The lowest BCUT2D eigenvalue weighted by molar-refractivity contribution is 0.379. The van der Waals surface area contributed by atoms with Crippen molar-refractivity contribution in [1.82, 2.24) is 29.4 Å². The number of nitrogens with one attached hydrogen (secondary N) is 1. The fourth-order valence-corrected chi connectivity index (χ4v) is 2.54. The van der Waals surface area contributed by atoms with Crippen molar-refractivity contribution >= 4 is 11.6 Å². The zero-order valence-corrected chi connectivity index (χ0v) is 14.9. The molecule has 0 aliphatic heterocycles. The van der Waals surface area contributed by atoms with Crippen LogP contribution >= 0.6 is 0 Å². The van der Waals surface area contributed by atoms with Crippen LogP contribution in [0, 0.1) is 36.5 Å². The van der Waals surface area contributed by atoms with Gasteiger partial charge in [0.15, 0.2) is 5.82 Å². The molecule has 0 aliphatic rings. The minimum atomic E-state index is -0.707. The summed E-state index contributed by atoms with van der Waals surface area (Å²) >= 11 is 0. The van der Waals surface area contributed by atoms with Gasteiger partial charge in [-0.05, 0) is 13.8 Å². The Morgan fingerprint density at radius 1 is 1.07 bits per heavy atom. The normalized spacial score (nSPS) is 10.8. The van der Waals surface area contributed by atoms with Gasteiger partial charge in [-0.15, -0.1) is 20.3 Å². The number of azo groups is 1. The van der Waals surface area contributed by atoms with Crippen LogP contribution in [0.3, 0.4) is 0 Å². The average Bonchev–Trinajstić information content (AvgIpc) is 3.17. The van der Waals surface area contributed by atoms with Crippen molar-refractivity contribution in [3.05, 3.63) is 28.6 Å². The molecule has 28 heavy (non-hydrogen) atoms. The zero-order chi connectivity index (χ0) is 20.4. The Morgan fingerprint density at radius 3 is 2.32 bits per heavy atom. The second-order valence-corrected chi connectivity index (χ2v) is 5.44. The summed E-state index contributed by atoms with van der Waals surface area (Å²) in [5.41, 5.74) is 4.71. The van der Waals surface area contributed by atoms with E-state index in [9.17, 15) is 20.7 Å². The van der Waals surface area contributed by atoms with Gasteiger partial charge < -0.3 is 15.6 Å². The van der Waals surface area contributed by atoms with Crippen molar-refractivity contribution in [2.24, 2.45) is 10.2 Å². The fourth-order valence-electron chi connectivity index (χ4n) is 2.54. The monoisotopic (exact) mass is 379 g/mol. The summed E-state index contributed by atoms with van der Waals surface area (Å²) in [6, 6.07) is 2.61. The maximum Gasteiger partial charge on any atom is 0.321 e. The highest BCUT2D eigenvalue weighted by molar-refractivity contribution is 5.56. The van der Waals surface area contributed by atoms with Gasteiger partial charge >= 0.3 is 12.0 Å². The molecule has 140 valence electrons. The minimum Gasteiger partial charge on any atom is -0.479 e. The third-order valence-corrected chi connectivity index (χ3v) is 3.81. The molecule has 13 heteroatoms. The van der Waals surface area contributed by atoms with Crippen molar-refractivity contribution < 1.29 is 10.2 Å². The third-order valence-electron chi connectivity index (χ3n) is 3.81. The fraction of sp³-hybridized carbons (Fsp3) is 0.200. The van der Waals surface area contributed by atoms with Crippen LogP contribution in [0.1, 0.15) is 22.4 Å². The molecule has 0 aromatic carbocycles. The molecule has 3 rings (SSSR count). The molecule has 13 nitrogen and oxygen atoms in total. The van der Waals surface area contributed by atoms with Crippen LogP contribution in [-0.2, 0) is 0 Å². The van der Waals surface area contributed by atoms with Crippen molar-refractivity contribution in [3.63, 3.8) is 0 Å². The van der Waals surface area contributed by atoms with Gasteiger partial charge in [-0.25, -0.2) is 9.36 Å². The summed E-state index contributed by atoms with van der Waals surface area (Å²) in [5, 5.41) is 49.5. The van der Waals surface area contributed by atoms with E-state index in [1.54, 1.807) is 25.6 Å². The van der Waals surface area contributed by atoms with Crippen molar-refractivity contribution in [1.29, 1.82) is 10.5 Å². The van der Waals surface area contributed by atoms with E-state index >= 15 is 0 Å². The van der Waals surface area contributed by atoms with E-state index in [2.05, 4.69) is 41.8 Å². The third kappa shape index (κ3) is 3.04. The van der Waals surface area contributed by atoms with Crippen LogP contribution in [0.4, 0.5) is 11.6 Å². The summed E-state index contributed by atoms with van der Waals surface area (Å²) in [4.78, 5) is 10.5. The van der Waals surface area contributed by atoms with Crippen molar-refractivity contribution in [2.45, 2.75) is 13.8 Å². The van der Waals surface area contributed by atoms with E-state index in [1.807, 2.05) is 6.07 Å². The zero-order valence-electron chi connectivity index (χ0n) is 14.9. The molecule has 0 aliphatic carbocycles. The minimum absolute atomic E-state index is 0.0405. The topological polar surface area (TPSA) is 186 Å². The second-order valence-electron chi connectivity index (χ2n) is 5.44. The molecule has 0 atom stereocenters. The Bertz CT molecular complexity index is 1160. The highest BCUT2D eigenvalue weighted by Gasteiger charge is 2.18. The smallest absolute Gasteiger partial charge is 0.321 e. The molecule has 0 unspecified atom stereocenters. The molecule has 0 saturated heterocycles. The Morgan fingerprint density at radius 2 is 1.75 bits per heavy atom. The van der Waals surface area contributed by atoms with Crippen LogP contribution in [-0.4, -0.2) is 46.7 Å². The maximum absolute atomic E-state index is 9.37. The molecule has 0 radical (unpaired) electrons. The first-order valence-corrected chi connectivity index (χ1v) is 7.75. The van der Waals surface area contributed by atoms with Crippen LogP contribution in [0.5, 0.6) is 12.0 Å². The van der Waals surface area contributed by atoms with E-state index in [0.717, 1.165) is 4.68 Å². The summed E-state index contributed by atoms with van der Waals surface area (Å²) in [5.74, 6) is 0.132. The van der Waals surface area contributed by atoms with Crippen LogP contribution in [0.25, 0.3) is 5.95 Å². The lowest BCUT2D eigenvalue weighted by atomic mass is 10.2. The maximum atomic E-state index is 9.37. The number of hydrogen-bond acceptors (Lipinski definition) is 11. The highest BCUT2D eigenvalue weighted by atomic mass is 16.3. The number of rotatable bonds is 4. The van der Waals surface area contributed by atoms with Crippen LogP contribution in [0.15, 0.2) is 16.4 Å². The van der Waals surface area contributed by atoms with E-state index in [1.165, 1.54) is 6.20 Å². The van der Waals surface area contributed by atoms with E-state index in [0.29, 0.717) is 22.6 Å². The molecule has 0 amide bonds. The number of nitriles is 2. The SMILES string of the molecule is CNn1c(C)c(C#N)c(C)c1/N=N/c1nn(-c2nc(O)nc(O)n2)cc1C#N. The van der Waals surface area contributed by atoms with Gasteiger partial charge in [-0.1, -0.05) is 0 Å².